The second-order valence-electron chi connectivity index (χ2n) is 18.9. The molecule has 5 aliphatic rings. The summed E-state index contributed by atoms with van der Waals surface area (Å²) in [4.78, 5) is 38.8. The van der Waals surface area contributed by atoms with Gasteiger partial charge in [-0.15, -0.1) is 0 Å². The van der Waals surface area contributed by atoms with Crippen LogP contribution in [-0.2, 0) is 0 Å². The molecule has 0 amide bonds. The molecule has 0 spiro atoms. The maximum Gasteiger partial charge on any atom is 0.293 e. The molecule has 2 N–H and O–H groups in total. The highest BCUT2D eigenvalue weighted by molar-refractivity contribution is 6.11. The van der Waals surface area contributed by atoms with E-state index in [1.54, 1.807) is 29.5 Å². The van der Waals surface area contributed by atoms with E-state index in [0.717, 1.165) is 68.2 Å². The van der Waals surface area contributed by atoms with Gasteiger partial charge in [-0.05, 0) is 109 Å². The minimum absolute atomic E-state index is 0.0955. The molecule has 2 aromatic heterocycles. The second kappa shape index (κ2) is 14.0. The number of hydrogen-bond donors (Lipinski definition) is 2. The summed E-state index contributed by atoms with van der Waals surface area (Å²) in [5.41, 5.74) is 7.71. The van der Waals surface area contributed by atoms with Gasteiger partial charge < -0.3 is 19.9 Å². The van der Waals surface area contributed by atoms with Crippen molar-refractivity contribution in [3.63, 3.8) is 0 Å². The van der Waals surface area contributed by atoms with E-state index in [0.29, 0.717) is 51.5 Å². The third-order valence-corrected chi connectivity index (χ3v) is 14.2. The zero-order chi connectivity index (χ0) is 38.8. The molecule has 4 aliphatic carbocycles. The fourth-order valence-electron chi connectivity index (χ4n) is 10.2. The number of anilines is 2. The number of nitrogens with one attached hydrogen (secondary N) is 2. The predicted molar refractivity (Wildman–Crippen MR) is 222 cm³/mol. The first-order chi connectivity index (χ1) is 26.9. The van der Waals surface area contributed by atoms with E-state index in [2.05, 4.69) is 52.8 Å². The number of rotatable bonds is 12. The van der Waals surface area contributed by atoms with Crippen LogP contribution in [0.25, 0.3) is 11.0 Å². The Hall–Kier alpha value is -4.70. The summed E-state index contributed by atoms with van der Waals surface area (Å²) in [6.45, 7) is 15.1. The van der Waals surface area contributed by atoms with Gasteiger partial charge in [-0.2, -0.15) is 0 Å². The van der Waals surface area contributed by atoms with Crippen LogP contribution < -0.4 is 15.0 Å². The van der Waals surface area contributed by atoms with E-state index in [-0.39, 0.29) is 17.0 Å². The summed E-state index contributed by atoms with van der Waals surface area (Å²) in [5.74, 6) is 1.81. The Labute approximate surface area is 330 Å². The summed E-state index contributed by atoms with van der Waals surface area (Å²) in [6, 6.07) is 14.3. The molecule has 3 saturated carbocycles. The van der Waals surface area contributed by atoms with Gasteiger partial charge in [-0.1, -0.05) is 51.7 Å². The number of ketones is 1. The number of ether oxygens (including phenoxy) is 1. The zero-order valence-corrected chi connectivity index (χ0v) is 33.5. The van der Waals surface area contributed by atoms with Crippen LogP contribution in [0.4, 0.5) is 17.1 Å². The quantitative estimate of drug-likeness (QED) is 0.0635. The lowest BCUT2D eigenvalue weighted by molar-refractivity contribution is -0.384. The van der Waals surface area contributed by atoms with Gasteiger partial charge in [0, 0.05) is 74.2 Å². The van der Waals surface area contributed by atoms with Crippen molar-refractivity contribution in [3.05, 3.63) is 93.3 Å². The summed E-state index contributed by atoms with van der Waals surface area (Å²) in [6.07, 6.45) is 14.6. The molecule has 4 aromatic rings. The van der Waals surface area contributed by atoms with E-state index >= 15 is 0 Å². The number of carbonyl (C=O) groups is 1. The second-order valence-corrected chi connectivity index (χ2v) is 18.9. The Balaban J connectivity index is 0.941. The molecule has 294 valence electrons. The minimum Gasteiger partial charge on any atom is -0.455 e. The molecule has 10 nitrogen and oxygen atoms in total. The van der Waals surface area contributed by atoms with Crippen molar-refractivity contribution in [1.82, 2.24) is 14.9 Å². The SMILES string of the molecule is CC1CCC(CNc2ccc(C(=O)c3ccc(N4CCN(CC5=C(C67CC6(C)C7)CC(C)(C)CC5)CC4)cc3Oc3cnc4[nH]ccc4c3)cc2[N+](=O)[O-])CC1. The van der Waals surface area contributed by atoms with Gasteiger partial charge in [0.25, 0.3) is 5.69 Å². The Morgan fingerprint density at radius 3 is 2.52 bits per heavy atom. The van der Waals surface area contributed by atoms with Crippen LogP contribution in [0.2, 0.25) is 0 Å². The molecule has 9 rings (SSSR count). The highest BCUT2D eigenvalue weighted by Gasteiger charge is 2.81. The lowest BCUT2D eigenvalue weighted by atomic mass is 9.71. The monoisotopic (exact) mass is 756 g/mol. The number of benzene rings is 2. The number of pyridine rings is 1. The van der Waals surface area contributed by atoms with Crippen molar-refractivity contribution in [2.75, 3.05) is 49.5 Å². The van der Waals surface area contributed by atoms with Gasteiger partial charge in [0.05, 0.1) is 16.7 Å². The number of nitro benzene ring substituents is 1. The average Bonchev–Trinajstić information content (AvgIpc) is 3.87. The summed E-state index contributed by atoms with van der Waals surface area (Å²) in [7, 11) is 0. The third-order valence-electron chi connectivity index (χ3n) is 14.2. The van der Waals surface area contributed by atoms with E-state index in [4.69, 9.17) is 4.74 Å². The molecule has 56 heavy (non-hydrogen) atoms. The molecule has 1 saturated heterocycles. The van der Waals surface area contributed by atoms with Crippen molar-refractivity contribution >= 4 is 33.9 Å². The molecular formula is C46H56N6O4. The topological polar surface area (TPSA) is 117 Å². The normalized spacial score (nSPS) is 27.2. The van der Waals surface area contributed by atoms with Gasteiger partial charge in [0.2, 0.25) is 0 Å². The van der Waals surface area contributed by atoms with Crippen LogP contribution in [0.15, 0.2) is 72.1 Å². The van der Waals surface area contributed by atoms with Crippen molar-refractivity contribution in [2.24, 2.45) is 28.1 Å². The molecular weight excluding hydrogens is 701 g/mol. The van der Waals surface area contributed by atoms with E-state index in [1.807, 2.05) is 36.5 Å². The first-order valence-electron chi connectivity index (χ1n) is 20.9. The molecule has 3 heterocycles. The third kappa shape index (κ3) is 7.10. The van der Waals surface area contributed by atoms with E-state index in [9.17, 15) is 14.9 Å². The first-order valence-corrected chi connectivity index (χ1v) is 20.9. The van der Waals surface area contributed by atoms with Gasteiger partial charge in [0.15, 0.2) is 5.78 Å². The Morgan fingerprint density at radius 2 is 1.79 bits per heavy atom. The largest absolute Gasteiger partial charge is 0.455 e. The molecule has 0 unspecified atom stereocenters. The minimum atomic E-state index is -0.402. The van der Waals surface area contributed by atoms with Crippen LogP contribution in [0.5, 0.6) is 11.5 Å². The maximum absolute atomic E-state index is 14.3. The maximum atomic E-state index is 14.3. The van der Waals surface area contributed by atoms with Crippen LogP contribution in [-0.4, -0.2) is 64.8 Å². The molecule has 0 bridgehead atoms. The van der Waals surface area contributed by atoms with Crippen molar-refractivity contribution in [1.29, 1.82) is 0 Å². The number of carbonyl (C=O) groups excluding carboxylic acids is 1. The van der Waals surface area contributed by atoms with Crippen LogP contribution in [0.1, 0.15) is 101 Å². The Bertz CT molecular complexity index is 2200. The lowest BCUT2D eigenvalue weighted by Gasteiger charge is -2.40. The smallest absolute Gasteiger partial charge is 0.293 e. The highest BCUT2D eigenvalue weighted by Crippen LogP contribution is 2.90. The van der Waals surface area contributed by atoms with Gasteiger partial charge in [-0.25, -0.2) is 4.98 Å². The molecule has 10 heteroatoms. The van der Waals surface area contributed by atoms with Crippen molar-refractivity contribution in [2.45, 2.75) is 85.5 Å². The average molecular weight is 757 g/mol. The molecule has 2 aromatic carbocycles. The molecule has 0 radical (unpaired) electrons. The van der Waals surface area contributed by atoms with Gasteiger partial charge >= 0.3 is 0 Å². The van der Waals surface area contributed by atoms with Gasteiger partial charge in [0.1, 0.15) is 22.8 Å². The first kappa shape index (κ1) is 36.9. The van der Waals surface area contributed by atoms with E-state index in [1.165, 1.54) is 51.0 Å². The predicted octanol–water partition coefficient (Wildman–Crippen LogP) is 10.2. The summed E-state index contributed by atoms with van der Waals surface area (Å²) < 4.78 is 6.49. The number of piperazine rings is 1. The number of nitro groups is 1. The molecule has 4 fully saturated rings. The number of nitrogens with zero attached hydrogens (tertiary/aromatic N) is 4. The van der Waals surface area contributed by atoms with Crippen molar-refractivity contribution < 1.29 is 14.5 Å². The number of H-pyrrole nitrogens is 1. The number of aromatic nitrogens is 2. The Morgan fingerprint density at radius 1 is 1.02 bits per heavy atom. The standard InChI is InChI=1S/C46H56N6O4/c1-30-5-7-31(8-6-30)25-48-39-12-9-32(22-40(39)52(54)55)42(53)37-11-10-35(23-41(37)56-36-21-33-14-16-47-43(33)49-26-36)51-19-17-50(18-20-51)27-34-13-15-44(2,3)24-38(34)46-28-45(46,4)29-46/h9-12,14,16,21-23,26,30-31,48H,5-8,13,15,17-20,24-25,27-29H2,1-4H3,(H,47,49). The Kier molecular flexibility index (Phi) is 9.26. The number of aromatic amines is 1. The van der Waals surface area contributed by atoms with Crippen molar-refractivity contribution in [3.8, 4) is 11.5 Å². The lowest BCUT2D eigenvalue weighted by Crippen LogP contribution is -2.47. The zero-order valence-electron chi connectivity index (χ0n) is 33.5. The van der Waals surface area contributed by atoms with E-state index < -0.39 is 4.92 Å². The van der Waals surface area contributed by atoms with Crippen LogP contribution >= 0.6 is 0 Å². The van der Waals surface area contributed by atoms with Gasteiger partial charge in [-0.3, -0.25) is 19.8 Å². The number of allylic oxidation sites excluding steroid dienone is 1. The highest BCUT2D eigenvalue weighted by atomic mass is 16.6. The van der Waals surface area contributed by atoms with Crippen LogP contribution in [0.3, 0.4) is 0 Å². The summed E-state index contributed by atoms with van der Waals surface area (Å²) >= 11 is 0. The number of fused-ring (bicyclic) bond motifs is 2. The van der Waals surface area contributed by atoms with Crippen LogP contribution in [0, 0.1) is 38.2 Å². The molecule has 0 atom stereocenters. The summed E-state index contributed by atoms with van der Waals surface area (Å²) in [5, 5.41) is 16.5. The molecule has 1 aliphatic heterocycles. The fourth-order valence-corrected chi connectivity index (χ4v) is 10.2. The fraction of sp³-hybridized carbons (Fsp3) is 0.522. The number of hydrogen-bond acceptors (Lipinski definition) is 8.